The number of oxazole rings is 1. The lowest BCUT2D eigenvalue weighted by atomic mass is 9.84. The summed E-state index contributed by atoms with van der Waals surface area (Å²) < 4.78 is 5.82. The molecule has 0 spiro atoms. The highest BCUT2D eigenvalue weighted by Gasteiger charge is 2.16. The van der Waals surface area contributed by atoms with Crippen LogP contribution in [0, 0.1) is 0 Å². The van der Waals surface area contributed by atoms with Gasteiger partial charge in [0.05, 0.1) is 0 Å². The first-order chi connectivity index (χ1) is 10.8. The number of halogens is 1. The van der Waals surface area contributed by atoms with Gasteiger partial charge >= 0.3 is 0 Å². The Morgan fingerprint density at radius 2 is 1.73 bits per heavy atom. The molecule has 1 aliphatic carbocycles. The van der Waals surface area contributed by atoms with Crippen molar-refractivity contribution in [2.75, 3.05) is 0 Å². The SMILES string of the molecule is Clc1ccc2oc(-c3ccc(C4CCCCC4)cc3)nc2c1. The molecule has 1 aliphatic rings. The maximum atomic E-state index is 6.00. The summed E-state index contributed by atoms with van der Waals surface area (Å²) in [7, 11) is 0. The Hall–Kier alpha value is -1.80. The van der Waals surface area contributed by atoms with Gasteiger partial charge in [0.15, 0.2) is 5.58 Å². The van der Waals surface area contributed by atoms with Crippen LogP contribution >= 0.6 is 11.6 Å². The van der Waals surface area contributed by atoms with Crippen LogP contribution in [0.1, 0.15) is 43.6 Å². The minimum atomic E-state index is 0.660. The fraction of sp³-hybridized carbons (Fsp3) is 0.316. The van der Waals surface area contributed by atoms with Gasteiger partial charge in [0.2, 0.25) is 5.89 Å². The van der Waals surface area contributed by atoms with E-state index in [1.165, 1.54) is 37.7 Å². The molecule has 0 radical (unpaired) electrons. The number of fused-ring (bicyclic) bond motifs is 1. The molecule has 3 heteroatoms. The number of hydrogen-bond donors (Lipinski definition) is 0. The van der Waals surface area contributed by atoms with Gasteiger partial charge in [0.1, 0.15) is 5.52 Å². The van der Waals surface area contributed by atoms with Crippen LogP contribution in [-0.4, -0.2) is 4.98 Å². The van der Waals surface area contributed by atoms with E-state index in [9.17, 15) is 0 Å². The minimum absolute atomic E-state index is 0.660. The number of rotatable bonds is 2. The monoisotopic (exact) mass is 311 g/mol. The number of nitrogens with zero attached hydrogens (tertiary/aromatic N) is 1. The first kappa shape index (κ1) is 13.8. The van der Waals surface area contributed by atoms with Gasteiger partial charge in [0.25, 0.3) is 0 Å². The lowest BCUT2D eigenvalue weighted by Crippen LogP contribution is -2.04. The Labute approximate surface area is 135 Å². The van der Waals surface area contributed by atoms with Crippen LogP contribution < -0.4 is 0 Å². The summed E-state index contributed by atoms with van der Waals surface area (Å²) in [4.78, 5) is 4.53. The third kappa shape index (κ3) is 2.64. The van der Waals surface area contributed by atoms with Crippen LogP contribution in [0.2, 0.25) is 5.02 Å². The zero-order valence-electron chi connectivity index (χ0n) is 12.4. The van der Waals surface area contributed by atoms with Crippen molar-refractivity contribution in [1.82, 2.24) is 4.98 Å². The molecule has 2 nitrogen and oxygen atoms in total. The molecule has 0 unspecified atom stereocenters. The zero-order valence-corrected chi connectivity index (χ0v) is 13.1. The van der Waals surface area contributed by atoms with Crippen LogP contribution in [0.3, 0.4) is 0 Å². The molecule has 1 fully saturated rings. The molecule has 112 valence electrons. The molecule has 0 atom stereocenters. The molecule has 1 saturated carbocycles. The third-order valence-electron chi connectivity index (χ3n) is 4.58. The molecule has 0 bridgehead atoms. The molecule has 22 heavy (non-hydrogen) atoms. The second-order valence-corrected chi connectivity index (χ2v) is 6.52. The first-order valence-corrected chi connectivity index (χ1v) is 8.34. The van der Waals surface area contributed by atoms with E-state index < -0.39 is 0 Å². The summed E-state index contributed by atoms with van der Waals surface area (Å²) in [6.45, 7) is 0. The molecule has 0 aliphatic heterocycles. The summed E-state index contributed by atoms with van der Waals surface area (Å²) in [6, 6.07) is 14.2. The smallest absolute Gasteiger partial charge is 0.227 e. The normalized spacial score (nSPS) is 16.2. The standard InChI is InChI=1S/C19H18ClNO/c20-16-10-11-18-17(12-16)21-19(22-18)15-8-6-14(7-9-15)13-4-2-1-3-5-13/h6-13H,1-5H2. The Kier molecular flexibility index (Phi) is 3.63. The Morgan fingerprint density at radius 1 is 0.955 bits per heavy atom. The lowest BCUT2D eigenvalue weighted by molar-refractivity contribution is 0.443. The van der Waals surface area contributed by atoms with Crippen molar-refractivity contribution in [3.8, 4) is 11.5 Å². The Balaban J connectivity index is 1.63. The second kappa shape index (κ2) is 5.77. The van der Waals surface area contributed by atoms with E-state index in [0.717, 1.165) is 22.6 Å². The number of aromatic nitrogens is 1. The molecule has 0 N–H and O–H groups in total. The molecule has 1 heterocycles. The van der Waals surface area contributed by atoms with E-state index in [-0.39, 0.29) is 0 Å². The summed E-state index contributed by atoms with van der Waals surface area (Å²) in [6.07, 6.45) is 6.75. The highest BCUT2D eigenvalue weighted by molar-refractivity contribution is 6.31. The van der Waals surface area contributed by atoms with E-state index >= 15 is 0 Å². The number of benzene rings is 2. The maximum Gasteiger partial charge on any atom is 0.227 e. The molecular weight excluding hydrogens is 294 g/mol. The third-order valence-corrected chi connectivity index (χ3v) is 4.82. The molecule has 1 aromatic heterocycles. The highest BCUT2D eigenvalue weighted by atomic mass is 35.5. The van der Waals surface area contributed by atoms with Gasteiger partial charge in [-0.1, -0.05) is 43.0 Å². The second-order valence-electron chi connectivity index (χ2n) is 6.09. The topological polar surface area (TPSA) is 26.0 Å². The van der Waals surface area contributed by atoms with Gasteiger partial charge in [-0.25, -0.2) is 4.98 Å². The van der Waals surface area contributed by atoms with E-state index in [0.29, 0.717) is 10.9 Å². The summed E-state index contributed by atoms with van der Waals surface area (Å²) >= 11 is 6.00. The van der Waals surface area contributed by atoms with Crippen molar-refractivity contribution in [1.29, 1.82) is 0 Å². The fourth-order valence-corrected chi connectivity index (χ4v) is 3.52. The minimum Gasteiger partial charge on any atom is -0.436 e. The predicted molar refractivity (Wildman–Crippen MR) is 90.3 cm³/mol. The Bertz CT molecular complexity index is 785. The fourth-order valence-electron chi connectivity index (χ4n) is 3.36. The molecule has 2 aromatic carbocycles. The van der Waals surface area contributed by atoms with Gasteiger partial charge in [0, 0.05) is 10.6 Å². The van der Waals surface area contributed by atoms with Crippen molar-refractivity contribution in [3.63, 3.8) is 0 Å². The average Bonchev–Trinajstić information content (AvgIpc) is 2.99. The molecule has 0 amide bonds. The van der Waals surface area contributed by atoms with E-state index in [4.69, 9.17) is 16.0 Å². The van der Waals surface area contributed by atoms with Crippen LogP contribution in [0.25, 0.3) is 22.6 Å². The first-order valence-electron chi connectivity index (χ1n) is 7.96. The lowest BCUT2D eigenvalue weighted by Gasteiger charge is -2.21. The van der Waals surface area contributed by atoms with Crippen LogP contribution in [-0.2, 0) is 0 Å². The van der Waals surface area contributed by atoms with Crippen LogP contribution in [0.15, 0.2) is 46.9 Å². The van der Waals surface area contributed by atoms with Gasteiger partial charge in [-0.3, -0.25) is 0 Å². The average molecular weight is 312 g/mol. The summed E-state index contributed by atoms with van der Waals surface area (Å²) in [5.74, 6) is 1.39. The summed E-state index contributed by atoms with van der Waals surface area (Å²) in [5, 5.41) is 0.681. The van der Waals surface area contributed by atoms with Crippen LogP contribution in [0.4, 0.5) is 0 Å². The highest BCUT2D eigenvalue weighted by Crippen LogP contribution is 2.34. The van der Waals surface area contributed by atoms with E-state index in [1.807, 2.05) is 18.2 Å². The van der Waals surface area contributed by atoms with Crippen LogP contribution in [0.5, 0.6) is 0 Å². The van der Waals surface area contributed by atoms with Gasteiger partial charge < -0.3 is 4.42 Å². The predicted octanol–water partition coefficient (Wildman–Crippen LogP) is 6.20. The molecule has 4 rings (SSSR count). The molecular formula is C19H18ClNO. The molecule has 0 saturated heterocycles. The zero-order chi connectivity index (χ0) is 14.9. The van der Waals surface area contributed by atoms with Crippen molar-refractivity contribution in [2.24, 2.45) is 0 Å². The van der Waals surface area contributed by atoms with Crippen molar-refractivity contribution >= 4 is 22.7 Å². The summed E-state index contributed by atoms with van der Waals surface area (Å²) in [5.41, 5.74) is 4.05. The van der Waals surface area contributed by atoms with Crippen molar-refractivity contribution < 1.29 is 4.42 Å². The van der Waals surface area contributed by atoms with Gasteiger partial charge in [-0.15, -0.1) is 0 Å². The molecule has 3 aromatic rings. The van der Waals surface area contributed by atoms with E-state index in [1.54, 1.807) is 0 Å². The quantitative estimate of drug-likeness (QED) is 0.563. The Morgan fingerprint density at radius 3 is 2.50 bits per heavy atom. The van der Waals surface area contributed by atoms with E-state index in [2.05, 4.69) is 29.2 Å². The van der Waals surface area contributed by atoms with Gasteiger partial charge in [-0.05, 0) is 54.7 Å². The largest absolute Gasteiger partial charge is 0.436 e. The van der Waals surface area contributed by atoms with Crippen molar-refractivity contribution in [2.45, 2.75) is 38.0 Å². The van der Waals surface area contributed by atoms with Gasteiger partial charge in [-0.2, -0.15) is 0 Å². The maximum absolute atomic E-state index is 6.00. The van der Waals surface area contributed by atoms with Crippen molar-refractivity contribution in [3.05, 3.63) is 53.1 Å². The number of hydrogen-bond acceptors (Lipinski definition) is 2.